The van der Waals surface area contributed by atoms with Crippen molar-refractivity contribution in [1.29, 1.82) is 0 Å². The summed E-state index contributed by atoms with van der Waals surface area (Å²) in [6, 6.07) is 0. The number of hydrogen-bond acceptors (Lipinski definition) is 4. The van der Waals surface area contributed by atoms with E-state index in [4.69, 9.17) is 9.88 Å². The second-order valence-corrected chi connectivity index (χ2v) is 5.98. The summed E-state index contributed by atoms with van der Waals surface area (Å²) in [6.07, 6.45) is 0.945. The summed E-state index contributed by atoms with van der Waals surface area (Å²) < 4.78 is 27.4. The summed E-state index contributed by atoms with van der Waals surface area (Å²) in [5.41, 5.74) is 0.0203. The van der Waals surface area contributed by atoms with E-state index in [0.717, 1.165) is 26.1 Å². The van der Waals surface area contributed by atoms with Gasteiger partial charge in [-0.05, 0) is 18.9 Å². The average Bonchev–Trinajstić information content (AvgIpc) is 2.62. The maximum absolute atomic E-state index is 11.0. The summed E-state index contributed by atoms with van der Waals surface area (Å²) in [5, 5.41) is 8.30. The molecule has 2 rings (SSSR count). The van der Waals surface area contributed by atoms with Crippen molar-refractivity contribution in [3.63, 3.8) is 0 Å². The first kappa shape index (κ1) is 13.2. The van der Waals surface area contributed by atoms with Crippen molar-refractivity contribution >= 4 is 22.4 Å². The van der Waals surface area contributed by atoms with Crippen molar-refractivity contribution in [2.45, 2.75) is 6.42 Å². The Kier molecular flexibility index (Phi) is 4.00. The Morgan fingerprint density at radius 2 is 2.27 bits per heavy atom. The Balaban J connectivity index is 0.00000112. The minimum Gasteiger partial charge on any atom is -0.381 e. The van der Waals surface area contributed by atoms with E-state index in [1.807, 2.05) is 0 Å². The number of rotatable bonds is 2. The standard InChI is InChI=1S/C8H16N2O3S.ClH/c9-14(11,12)4-7-3-10-5-8(7)1-2-13-6-8;/h7,10H,1-6H2,(H2,9,11,12);1H. The summed E-state index contributed by atoms with van der Waals surface area (Å²) in [6.45, 7) is 3.00. The Morgan fingerprint density at radius 1 is 1.53 bits per heavy atom. The molecule has 0 aromatic heterocycles. The molecule has 0 radical (unpaired) electrons. The van der Waals surface area contributed by atoms with Crippen LogP contribution in [0.2, 0.25) is 0 Å². The van der Waals surface area contributed by atoms with Crippen LogP contribution >= 0.6 is 12.4 Å². The van der Waals surface area contributed by atoms with E-state index in [0.29, 0.717) is 6.61 Å². The van der Waals surface area contributed by atoms with E-state index < -0.39 is 10.0 Å². The maximum atomic E-state index is 11.0. The van der Waals surface area contributed by atoms with E-state index in [1.54, 1.807) is 0 Å². The van der Waals surface area contributed by atoms with Gasteiger partial charge in [-0.2, -0.15) is 0 Å². The molecule has 2 heterocycles. The quantitative estimate of drug-likeness (QED) is 0.686. The van der Waals surface area contributed by atoms with Gasteiger partial charge in [0.05, 0.1) is 12.4 Å². The topological polar surface area (TPSA) is 81.4 Å². The molecule has 0 bridgehead atoms. The molecule has 2 fully saturated rings. The molecule has 7 heteroatoms. The molecule has 0 aromatic carbocycles. The lowest BCUT2D eigenvalue weighted by atomic mass is 9.78. The molecule has 0 saturated carbocycles. The first-order valence-corrected chi connectivity index (χ1v) is 6.52. The summed E-state index contributed by atoms with van der Waals surface area (Å²) >= 11 is 0. The highest BCUT2D eigenvalue weighted by Gasteiger charge is 2.46. The highest BCUT2D eigenvalue weighted by Crippen LogP contribution is 2.39. The van der Waals surface area contributed by atoms with Crippen LogP contribution in [0.1, 0.15) is 6.42 Å². The largest absolute Gasteiger partial charge is 0.381 e. The number of nitrogens with two attached hydrogens (primary N) is 1. The molecule has 15 heavy (non-hydrogen) atoms. The molecule has 90 valence electrons. The number of sulfonamides is 1. The predicted octanol–water partition coefficient (Wildman–Crippen LogP) is -0.677. The highest BCUT2D eigenvalue weighted by atomic mass is 35.5. The highest BCUT2D eigenvalue weighted by molar-refractivity contribution is 7.89. The normalized spacial score (nSPS) is 35.7. The second kappa shape index (κ2) is 4.55. The fraction of sp³-hybridized carbons (Fsp3) is 1.00. The number of ether oxygens (including phenoxy) is 1. The monoisotopic (exact) mass is 256 g/mol. The zero-order chi connectivity index (χ0) is 10.2. The fourth-order valence-corrected chi connectivity index (χ4v) is 3.49. The molecule has 2 unspecified atom stereocenters. The average molecular weight is 257 g/mol. The Labute approximate surface area is 96.2 Å². The van der Waals surface area contributed by atoms with Crippen LogP contribution in [0.5, 0.6) is 0 Å². The Morgan fingerprint density at radius 3 is 2.80 bits per heavy atom. The van der Waals surface area contributed by atoms with E-state index in [1.165, 1.54) is 0 Å². The summed E-state index contributed by atoms with van der Waals surface area (Å²) in [7, 11) is -3.37. The molecular weight excluding hydrogens is 240 g/mol. The summed E-state index contributed by atoms with van der Waals surface area (Å²) in [4.78, 5) is 0. The van der Waals surface area contributed by atoms with E-state index >= 15 is 0 Å². The van der Waals surface area contributed by atoms with Gasteiger partial charge in [-0.3, -0.25) is 0 Å². The van der Waals surface area contributed by atoms with Crippen LogP contribution in [0.15, 0.2) is 0 Å². The zero-order valence-electron chi connectivity index (χ0n) is 8.44. The lowest BCUT2D eigenvalue weighted by Gasteiger charge is -2.27. The first-order valence-electron chi connectivity index (χ1n) is 4.81. The number of primary sulfonamides is 1. The maximum Gasteiger partial charge on any atom is 0.209 e. The van der Waals surface area contributed by atoms with Crippen LogP contribution in [-0.4, -0.2) is 40.5 Å². The molecular formula is C8H17ClN2O3S. The van der Waals surface area contributed by atoms with Crippen molar-refractivity contribution in [3.05, 3.63) is 0 Å². The van der Waals surface area contributed by atoms with Gasteiger partial charge in [0.15, 0.2) is 0 Å². The van der Waals surface area contributed by atoms with Crippen LogP contribution in [0, 0.1) is 11.3 Å². The molecule has 0 aliphatic carbocycles. The van der Waals surface area contributed by atoms with Gasteiger partial charge in [-0.1, -0.05) is 0 Å². The Bertz CT molecular complexity index is 308. The lowest BCUT2D eigenvalue weighted by Crippen LogP contribution is -2.36. The predicted molar refractivity (Wildman–Crippen MR) is 59.5 cm³/mol. The van der Waals surface area contributed by atoms with Crippen molar-refractivity contribution in [2.24, 2.45) is 16.5 Å². The van der Waals surface area contributed by atoms with Gasteiger partial charge in [0, 0.05) is 18.6 Å². The Hall–Kier alpha value is 0.120. The van der Waals surface area contributed by atoms with Gasteiger partial charge in [-0.25, -0.2) is 13.6 Å². The second-order valence-electron chi connectivity index (χ2n) is 4.32. The number of hydrogen-bond donors (Lipinski definition) is 2. The van der Waals surface area contributed by atoms with Crippen molar-refractivity contribution in [2.75, 3.05) is 32.1 Å². The molecule has 0 amide bonds. The van der Waals surface area contributed by atoms with E-state index in [-0.39, 0.29) is 29.5 Å². The van der Waals surface area contributed by atoms with Crippen LogP contribution in [-0.2, 0) is 14.8 Å². The third-order valence-corrected chi connectivity index (χ3v) is 4.17. The van der Waals surface area contributed by atoms with Gasteiger partial charge in [-0.15, -0.1) is 12.4 Å². The molecule has 2 saturated heterocycles. The van der Waals surface area contributed by atoms with Crippen LogP contribution in [0.25, 0.3) is 0 Å². The van der Waals surface area contributed by atoms with Gasteiger partial charge < -0.3 is 10.1 Å². The smallest absolute Gasteiger partial charge is 0.209 e. The van der Waals surface area contributed by atoms with Gasteiger partial charge in [0.1, 0.15) is 0 Å². The van der Waals surface area contributed by atoms with Crippen LogP contribution in [0.3, 0.4) is 0 Å². The fourth-order valence-electron chi connectivity index (χ4n) is 2.46. The van der Waals surface area contributed by atoms with Crippen molar-refractivity contribution < 1.29 is 13.2 Å². The SMILES string of the molecule is Cl.NS(=O)(=O)CC1CNCC12CCOC2. The van der Waals surface area contributed by atoms with Crippen LogP contribution in [0.4, 0.5) is 0 Å². The lowest BCUT2D eigenvalue weighted by molar-refractivity contribution is 0.141. The molecule has 2 aliphatic heterocycles. The molecule has 5 nitrogen and oxygen atoms in total. The number of nitrogens with one attached hydrogen (secondary N) is 1. The molecule has 3 N–H and O–H groups in total. The molecule has 2 aliphatic rings. The minimum atomic E-state index is -3.37. The zero-order valence-corrected chi connectivity index (χ0v) is 10.1. The molecule has 0 aromatic rings. The van der Waals surface area contributed by atoms with Crippen molar-refractivity contribution in [1.82, 2.24) is 5.32 Å². The number of halogens is 1. The summed E-state index contributed by atoms with van der Waals surface area (Å²) in [5.74, 6) is 0.184. The van der Waals surface area contributed by atoms with E-state index in [2.05, 4.69) is 5.32 Å². The van der Waals surface area contributed by atoms with Gasteiger partial charge >= 0.3 is 0 Å². The molecule has 2 atom stereocenters. The van der Waals surface area contributed by atoms with Gasteiger partial charge in [0.2, 0.25) is 10.0 Å². The molecule has 1 spiro atoms. The van der Waals surface area contributed by atoms with Crippen LogP contribution < -0.4 is 10.5 Å². The van der Waals surface area contributed by atoms with E-state index in [9.17, 15) is 8.42 Å². The third-order valence-electron chi connectivity index (χ3n) is 3.30. The van der Waals surface area contributed by atoms with Crippen molar-refractivity contribution in [3.8, 4) is 0 Å². The first-order chi connectivity index (χ1) is 6.52. The minimum absolute atomic E-state index is 0. The van der Waals surface area contributed by atoms with Gasteiger partial charge in [0.25, 0.3) is 0 Å². The third kappa shape index (κ3) is 2.82.